The Morgan fingerprint density at radius 3 is 2.73 bits per heavy atom. The Morgan fingerprint density at radius 2 is 2.05 bits per heavy atom. The van der Waals surface area contributed by atoms with E-state index in [-0.39, 0.29) is 5.75 Å². The second-order valence-electron chi connectivity index (χ2n) is 4.47. The largest absolute Gasteiger partial charge is 0.508 e. The summed E-state index contributed by atoms with van der Waals surface area (Å²) >= 11 is 1.32. The van der Waals surface area contributed by atoms with E-state index in [4.69, 9.17) is 9.68 Å². The summed E-state index contributed by atoms with van der Waals surface area (Å²) in [6.45, 7) is 0.476. The first-order chi connectivity index (χ1) is 10.8. The number of rotatable bonds is 5. The van der Waals surface area contributed by atoms with Crippen molar-refractivity contribution in [3.05, 3.63) is 48.4 Å². The molecule has 0 saturated carbocycles. The van der Waals surface area contributed by atoms with Gasteiger partial charge in [-0.3, -0.25) is 4.57 Å². The van der Waals surface area contributed by atoms with E-state index in [1.54, 1.807) is 30.5 Å². The van der Waals surface area contributed by atoms with Crippen LogP contribution < -0.4 is 0 Å². The van der Waals surface area contributed by atoms with Gasteiger partial charge in [0.15, 0.2) is 11.0 Å². The fourth-order valence-corrected chi connectivity index (χ4v) is 2.62. The lowest BCUT2D eigenvalue weighted by molar-refractivity contribution is 0.475. The minimum atomic E-state index is 0.194. The minimum absolute atomic E-state index is 0.194. The molecule has 0 aliphatic heterocycles. The van der Waals surface area contributed by atoms with Crippen LogP contribution in [0.5, 0.6) is 5.75 Å². The zero-order valence-corrected chi connectivity index (χ0v) is 12.3. The number of hydrogen-bond donors (Lipinski definition) is 1. The highest BCUT2D eigenvalue weighted by molar-refractivity contribution is 7.99. The van der Waals surface area contributed by atoms with Crippen molar-refractivity contribution in [2.45, 2.75) is 11.7 Å². The molecule has 2 heterocycles. The molecule has 0 fully saturated rings. The van der Waals surface area contributed by atoms with Gasteiger partial charge in [-0.05, 0) is 36.4 Å². The molecule has 3 aromatic rings. The predicted molar refractivity (Wildman–Crippen MR) is 81.3 cm³/mol. The molecule has 0 unspecified atom stereocenters. The average Bonchev–Trinajstić information content (AvgIpc) is 3.17. The third-order valence-electron chi connectivity index (χ3n) is 3.00. The van der Waals surface area contributed by atoms with Gasteiger partial charge in [0.1, 0.15) is 11.5 Å². The van der Waals surface area contributed by atoms with Crippen LogP contribution in [-0.4, -0.2) is 25.6 Å². The van der Waals surface area contributed by atoms with Crippen LogP contribution in [0.3, 0.4) is 0 Å². The van der Waals surface area contributed by atoms with Crippen LogP contribution in [0, 0.1) is 11.3 Å². The van der Waals surface area contributed by atoms with Gasteiger partial charge in [0.25, 0.3) is 0 Å². The Morgan fingerprint density at radius 1 is 1.23 bits per heavy atom. The number of hydrogen-bond acceptors (Lipinski definition) is 6. The fourth-order valence-electron chi connectivity index (χ4n) is 2.02. The fraction of sp³-hybridized carbons (Fsp3) is 0.133. The van der Waals surface area contributed by atoms with E-state index < -0.39 is 0 Å². The maximum Gasteiger partial charge on any atom is 0.192 e. The molecule has 0 bridgehead atoms. The Labute approximate surface area is 131 Å². The van der Waals surface area contributed by atoms with Crippen molar-refractivity contribution in [2.75, 3.05) is 5.75 Å². The summed E-state index contributed by atoms with van der Waals surface area (Å²) in [6.07, 6.45) is 1.61. The number of nitriles is 1. The number of phenolic OH excluding ortho intramolecular Hbond substituents is 1. The lowest BCUT2D eigenvalue weighted by atomic mass is 10.2. The van der Waals surface area contributed by atoms with Crippen LogP contribution >= 0.6 is 11.8 Å². The van der Waals surface area contributed by atoms with Gasteiger partial charge < -0.3 is 9.52 Å². The molecule has 0 spiro atoms. The van der Waals surface area contributed by atoms with Gasteiger partial charge in [0.2, 0.25) is 0 Å². The zero-order chi connectivity index (χ0) is 15.4. The van der Waals surface area contributed by atoms with E-state index in [1.807, 2.05) is 16.7 Å². The van der Waals surface area contributed by atoms with Crippen molar-refractivity contribution in [1.29, 1.82) is 5.26 Å². The van der Waals surface area contributed by atoms with Crippen LogP contribution in [-0.2, 0) is 6.54 Å². The highest BCUT2D eigenvalue weighted by Crippen LogP contribution is 2.26. The SMILES string of the molecule is N#CCSc1nnc(-c2ccc(O)cc2)n1Cc1ccco1. The van der Waals surface area contributed by atoms with Crippen LogP contribution in [0.2, 0.25) is 0 Å². The third-order valence-corrected chi connectivity index (χ3v) is 3.84. The molecule has 3 rings (SSSR count). The maximum absolute atomic E-state index is 9.40. The molecule has 7 heteroatoms. The van der Waals surface area contributed by atoms with Crippen LogP contribution in [0.4, 0.5) is 0 Å². The smallest absolute Gasteiger partial charge is 0.192 e. The maximum atomic E-state index is 9.40. The van der Waals surface area contributed by atoms with Crippen molar-refractivity contribution in [3.63, 3.8) is 0 Å². The van der Waals surface area contributed by atoms with Crippen molar-refractivity contribution in [1.82, 2.24) is 14.8 Å². The zero-order valence-electron chi connectivity index (χ0n) is 11.5. The van der Waals surface area contributed by atoms with Crippen LogP contribution in [0.15, 0.2) is 52.2 Å². The van der Waals surface area contributed by atoms with Gasteiger partial charge in [0.05, 0.1) is 24.6 Å². The Balaban J connectivity index is 2.00. The Hall–Kier alpha value is -2.72. The van der Waals surface area contributed by atoms with E-state index in [0.717, 1.165) is 11.3 Å². The standard InChI is InChI=1S/C15H12N4O2S/c16-7-9-22-15-18-17-14(11-3-5-12(20)6-4-11)19(15)10-13-2-1-8-21-13/h1-6,8,20H,9-10H2. The molecule has 0 amide bonds. The first-order valence-electron chi connectivity index (χ1n) is 6.52. The highest BCUT2D eigenvalue weighted by Gasteiger charge is 2.15. The number of thioether (sulfide) groups is 1. The second-order valence-corrected chi connectivity index (χ2v) is 5.41. The number of furan rings is 1. The lowest BCUT2D eigenvalue weighted by Crippen LogP contribution is -2.03. The van der Waals surface area contributed by atoms with Crippen molar-refractivity contribution < 1.29 is 9.52 Å². The summed E-state index contributed by atoms with van der Waals surface area (Å²) in [5, 5.41) is 27.2. The van der Waals surface area contributed by atoms with Crippen molar-refractivity contribution in [2.24, 2.45) is 0 Å². The molecule has 0 aliphatic rings. The summed E-state index contributed by atoms with van der Waals surface area (Å²) < 4.78 is 7.28. The summed E-state index contributed by atoms with van der Waals surface area (Å²) in [5.74, 6) is 1.93. The van der Waals surface area contributed by atoms with Crippen LogP contribution in [0.1, 0.15) is 5.76 Å². The third kappa shape index (κ3) is 2.97. The second kappa shape index (κ2) is 6.37. The van der Waals surface area contributed by atoms with Crippen molar-refractivity contribution in [3.8, 4) is 23.2 Å². The van der Waals surface area contributed by atoms with E-state index in [2.05, 4.69) is 16.3 Å². The molecule has 0 saturated heterocycles. The Kier molecular flexibility index (Phi) is 4.12. The Bertz CT molecular complexity index is 788. The molecule has 1 N–H and O–H groups in total. The molecule has 110 valence electrons. The summed E-state index contributed by atoms with van der Waals surface area (Å²) in [5.41, 5.74) is 0.834. The van der Waals surface area contributed by atoms with Gasteiger partial charge in [0, 0.05) is 5.56 Å². The normalized spacial score (nSPS) is 10.5. The molecule has 6 nitrogen and oxygen atoms in total. The molecule has 0 atom stereocenters. The molecular weight excluding hydrogens is 300 g/mol. The topological polar surface area (TPSA) is 87.9 Å². The first-order valence-corrected chi connectivity index (χ1v) is 7.51. The monoisotopic (exact) mass is 312 g/mol. The van der Waals surface area contributed by atoms with Crippen molar-refractivity contribution >= 4 is 11.8 Å². The predicted octanol–water partition coefficient (Wildman–Crippen LogP) is 2.91. The number of phenols is 1. The molecule has 0 aliphatic carbocycles. The van der Waals surface area contributed by atoms with Gasteiger partial charge >= 0.3 is 0 Å². The molecule has 22 heavy (non-hydrogen) atoms. The van der Waals surface area contributed by atoms with E-state index in [1.165, 1.54) is 11.8 Å². The highest BCUT2D eigenvalue weighted by atomic mass is 32.2. The summed E-state index contributed by atoms with van der Waals surface area (Å²) in [7, 11) is 0. The number of aromatic hydroxyl groups is 1. The van der Waals surface area contributed by atoms with E-state index in [9.17, 15) is 5.11 Å². The summed E-state index contributed by atoms with van der Waals surface area (Å²) in [4.78, 5) is 0. The summed E-state index contributed by atoms with van der Waals surface area (Å²) in [6, 6.07) is 12.5. The minimum Gasteiger partial charge on any atom is -0.508 e. The first kappa shape index (κ1) is 14.2. The lowest BCUT2D eigenvalue weighted by Gasteiger charge is -2.08. The van der Waals surface area contributed by atoms with E-state index in [0.29, 0.717) is 23.3 Å². The molecule has 2 aromatic heterocycles. The van der Waals surface area contributed by atoms with Crippen LogP contribution in [0.25, 0.3) is 11.4 Å². The number of aromatic nitrogens is 3. The van der Waals surface area contributed by atoms with E-state index >= 15 is 0 Å². The average molecular weight is 312 g/mol. The van der Waals surface area contributed by atoms with Gasteiger partial charge in [-0.1, -0.05) is 11.8 Å². The quantitative estimate of drug-likeness (QED) is 0.729. The molecule has 1 aromatic carbocycles. The number of benzene rings is 1. The molecule has 0 radical (unpaired) electrons. The van der Waals surface area contributed by atoms with Gasteiger partial charge in [-0.15, -0.1) is 10.2 Å². The molecular formula is C15H12N4O2S. The van der Waals surface area contributed by atoms with Gasteiger partial charge in [-0.25, -0.2) is 0 Å². The van der Waals surface area contributed by atoms with Gasteiger partial charge in [-0.2, -0.15) is 5.26 Å². The number of nitrogens with zero attached hydrogens (tertiary/aromatic N) is 4.